The van der Waals surface area contributed by atoms with Crippen LogP contribution in [0.25, 0.3) is 10.9 Å². The van der Waals surface area contributed by atoms with Crippen molar-refractivity contribution in [1.29, 1.82) is 0 Å². The predicted molar refractivity (Wildman–Crippen MR) is 137 cm³/mol. The van der Waals surface area contributed by atoms with Gasteiger partial charge in [0.1, 0.15) is 9.96 Å². The first-order valence-corrected chi connectivity index (χ1v) is 13.3. The van der Waals surface area contributed by atoms with Crippen LogP contribution in [0.4, 0.5) is 5.82 Å². The molecule has 0 saturated carbocycles. The maximum Gasteiger partial charge on any atom is 0.272 e. The summed E-state index contributed by atoms with van der Waals surface area (Å²) in [6.07, 6.45) is 0. The van der Waals surface area contributed by atoms with Gasteiger partial charge in [0, 0.05) is 6.54 Å². The minimum absolute atomic E-state index is 0.0849. The number of sulfonamides is 1. The number of anilines is 1. The number of amides is 1. The van der Waals surface area contributed by atoms with Crippen LogP contribution in [0.15, 0.2) is 58.8 Å². The molecule has 1 atom stereocenters. The van der Waals surface area contributed by atoms with E-state index in [0.29, 0.717) is 34.1 Å². The summed E-state index contributed by atoms with van der Waals surface area (Å²) < 4.78 is 36.1. The summed E-state index contributed by atoms with van der Waals surface area (Å²) in [5, 5.41) is 7.91. The number of hydrogen-bond donors (Lipinski definition) is 3. The normalized spacial score (nSPS) is 12.5. The minimum Gasteiger partial charge on any atom is -0.496 e. The quantitative estimate of drug-likeness (QED) is 0.302. The van der Waals surface area contributed by atoms with E-state index < -0.39 is 16.1 Å². The van der Waals surface area contributed by atoms with Gasteiger partial charge in [-0.05, 0) is 42.3 Å². The van der Waals surface area contributed by atoms with Gasteiger partial charge in [0.25, 0.3) is 10.0 Å². The fraction of sp³-hybridized carbons (Fsp3) is 0.217. The van der Waals surface area contributed by atoms with Crippen molar-refractivity contribution in [3.8, 4) is 5.75 Å². The Kier molecular flexibility index (Phi) is 7.31. The Balaban J connectivity index is 1.67. The number of nitrogens with zero attached hydrogens (tertiary/aromatic N) is 2. The number of hydrogen-bond acceptors (Lipinski definition) is 7. The van der Waals surface area contributed by atoms with E-state index in [2.05, 4.69) is 15.1 Å². The first-order valence-electron chi connectivity index (χ1n) is 10.6. The van der Waals surface area contributed by atoms with Crippen LogP contribution in [0.5, 0.6) is 5.75 Å². The molecule has 0 saturated heterocycles. The molecule has 1 amide bonds. The van der Waals surface area contributed by atoms with Crippen LogP contribution in [-0.4, -0.2) is 37.3 Å². The molecule has 2 heterocycles. The third-order valence-electron chi connectivity index (χ3n) is 5.21. The summed E-state index contributed by atoms with van der Waals surface area (Å²) in [4.78, 5) is 11.8. The number of nitrogens with two attached hydrogens (primary N) is 1. The van der Waals surface area contributed by atoms with Crippen molar-refractivity contribution in [1.82, 2.24) is 15.1 Å². The van der Waals surface area contributed by atoms with E-state index in [1.807, 2.05) is 36.4 Å². The standard InChI is InChI=1S/C23H24ClN5O4S2/c1-14(25)23(30)26-12-15-5-3-6-16(11-15)13-29-17-7-4-8-18(33-2)21(17)22(27-29)28-35(31,32)20-10-9-19(24)34-20/h3-11,14H,12-13,25H2,1-2H3,(H,26,30)(H,27,28). The fourth-order valence-electron chi connectivity index (χ4n) is 3.54. The zero-order valence-corrected chi connectivity index (χ0v) is 21.4. The number of methoxy groups -OCH3 is 1. The summed E-state index contributed by atoms with van der Waals surface area (Å²) in [5.74, 6) is 0.412. The number of ether oxygens (including phenoxy) is 1. The van der Waals surface area contributed by atoms with E-state index in [0.717, 1.165) is 22.5 Å². The van der Waals surface area contributed by atoms with Crippen molar-refractivity contribution in [3.63, 3.8) is 0 Å². The Labute approximate surface area is 211 Å². The Morgan fingerprint density at radius 3 is 2.63 bits per heavy atom. The lowest BCUT2D eigenvalue weighted by Gasteiger charge is -2.10. The highest BCUT2D eigenvalue weighted by atomic mass is 35.5. The van der Waals surface area contributed by atoms with Crippen molar-refractivity contribution < 1.29 is 17.9 Å². The largest absolute Gasteiger partial charge is 0.496 e. The van der Waals surface area contributed by atoms with E-state index in [-0.39, 0.29) is 15.9 Å². The maximum absolute atomic E-state index is 13.0. The Bertz CT molecular complexity index is 1480. The number of fused-ring (bicyclic) bond motifs is 1. The second-order valence-electron chi connectivity index (χ2n) is 7.85. The molecule has 2 aromatic carbocycles. The van der Waals surface area contributed by atoms with E-state index in [9.17, 15) is 13.2 Å². The lowest BCUT2D eigenvalue weighted by Crippen LogP contribution is -2.37. The molecule has 0 bridgehead atoms. The lowest BCUT2D eigenvalue weighted by molar-refractivity contribution is -0.122. The molecule has 12 heteroatoms. The molecule has 184 valence electrons. The lowest BCUT2D eigenvalue weighted by atomic mass is 10.1. The predicted octanol–water partition coefficient (Wildman–Crippen LogP) is 3.57. The third-order valence-corrected chi connectivity index (χ3v) is 8.27. The molecule has 0 spiro atoms. The molecule has 0 radical (unpaired) electrons. The maximum atomic E-state index is 13.0. The van der Waals surface area contributed by atoms with Gasteiger partial charge in [0.2, 0.25) is 5.91 Å². The molecule has 0 aliphatic heterocycles. The molecule has 0 aliphatic rings. The van der Waals surface area contributed by atoms with Gasteiger partial charge >= 0.3 is 0 Å². The van der Waals surface area contributed by atoms with Crippen LogP contribution in [0.2, 0.25) is 4.34 Å². The van der Waals surface area contributed by atoms with Crippen LogP contribution >= 0.6 is 22.9 Å². The van der Waals surface area contributed by atoms with Crippen LogP contribution in [0, 0.1) is 0 Å². The average molecular weight is 534 g/mol. The fourth-order valence-corrected chi connectivity index (χ4v) is 6.03. The minimum atomic E-state index is -3.90. The molecule has 4 N–H and O–H groups in total. The van der Waals surface area contributed by atoms with Gasteiger partial charge in [-0.25, -0.2) is 8.42 Å². The van der Waals surface area contributed by atoms with Gasteiger partial charge in [0.05, 0.1) is 34.9 Å². The Morgan fingerprint density at radius 2 is 1.94 bits per heavy atom. The van der Waals surface area contributed by atoms with Crippen LogP contribution < -0.4 is 20.5 Å². The van der Waals surface area contributed by atoms with Gasteiger partial charge in [0.15, 0.2) is 5.82 Å². The smallest absolute Gasteiger partial charge is 0.272 e. The van der Waals surface area contributed by atoms with Crippen molar-refractivity contribution in [2.24, 2.45) is 5.73 Å². The molecular weight excluding hydrogens is 510 g/mol. The number of thiophene rings is 1. The van der Waals surface area contributed by atoms with Gasteiger partial charge < -0.3 is 15.8 Å². The number of benzene rings is 2. The molecule has 1 unspecified atom stereocenters. The summed E-state index contributed by atoms with van der Waals surface area (Å²) in [5.41, 5.74) is 8.13. The molecule has 9 nitrogen and oxygen atoms in total. The summed E-state index contributed by atoms with van der Waals surface area (Å²) in [6.45, 7) is 2.34. The Morgan fingerprint density at radius 1 is 1.20 bits per heavy atom. The molecule has 4 rings (SSSR count). The molecule has 4 aromatic rings. The number of nitrogens with one attached hydrogen (secondary N) is 2. The summed E-state index contributed by atoms with van der Waals surface area (Å²) >= 11 is 6.89. The first kappa shape index (κ1) is 25.0. The van der Waals surface area contributed by atoms with Gasteiger partial charge in [-0.2, -0.15) is 5.10 Å². The first-order chi connectivity index (χ1) is 16.7. The zero-order chi connectivity index (χ0) is 25.2. The van der Waals surface area contributed by atoms with E-state index in [1.54, 1.807) is 17.7 Å². The highest BCUT2D eigenvalue weighted by Crippen LogP contribution is 2.35. The Hall–Kier alpha value is -3.12. The number of aromatic nitrogens is 2. The highest BCUT2D eigenvalue weighted by Gasteiger charge is 2.23. The molecular formula is C23H24ClN5O4S2. The van der Waals surface area contributed by atoms with Crippen molar-refractivity contribution in [3.05, 3.63) is 70.1 Å². The highest BCUT2D eigenvalue weighted by molar-refractivity contribution is 7.94. The molecule has 35 heavy (non-hydrogen) atoms. The van der Waals surface area contributed by atoms with Crippen LogP contribution in [0.1, 0.15) is 18.1 Å². The van der Waals surface area contributed by atoms with Crippen LogP contribution in [0.3, 0.4) is 0 Å². The van der Waals surface area contributed by atoms with Gasteiger partial charge in [-0.15, -0.1) is 11.3 Å². The van der Waals surface area contributed by atoms with Crippen molar-refractivity contribution in [2.45, 2.75) is 30.3 Å². The van der Waals surface area contributed by atoms with Crippen molar-refractivity contribution in [2.75, 3.05) is 11.8 Å². The van der Waals surface area contributed by atoms with Crippen LogP contribution in [-0.2, 0) is 27.9 Å². The van der Waals surface area contributed by atoms with E-state index in [4.69, 9.17) is 22.1 Å². The third kappa shape index (κ3) is 5.59. The topological polar surface area (TPSA) is 128 Å². The number of halogens is 1. The number of rotatable bonds is 9. The number of carbonyl (C=O) groups is 1. The second kappa shape index (κ2) is 10.2. The molecule has 2 aromatic heterocycles. The summed E-state index contributed by atoms with van der Waals surface area (Å²) in [7, 11) is -2.38. The number of carbonyl (C=O) groups excluding carboxylic acids is 1. The molecule has 0 fully saturated rings. The summed E-state index contributed by atoms with van der Waals surface area (Å²) in [6, 6.07) is 15.5. The zero-order valence-electron chi connectivity index (χ0n) is 19.0. The average Bonchev–Trinajstić information content (AvgIpc) is 3.41. The van der Waals surface area contributed by atoms with Gasteiger partial charge in [-0.3, -0.25) is 14.2 Å². The second-order valence-corrected chi connectivity index (χ2v) is 11.5. The SMILES string of the molecule is COc1cccc2c1c(NS(=O)(=O)c1ccc(Cl)s1)nn2Cc1cccc(CNC(=O)C(C)N)c1. The van der Waals surface area contributed by atoms with E-state index in [1.165, 1.54) is 19.2 Å². The molecule has 0 aliphatic carbocycles. The monoisotopic (exact) mass is 533 g/mol. The van der Waals surface area contributed by atoms with E-state index >= 15 is 0 Å². The van der Waals surface area contributed by atoms with Crippen molar-refractivity contribution >= 4 is 55.6 Å². The van der Waals surface area contributed by atoms with Gasteiger partial charge in [-0.1, -0.05) is 41.9 Å².